The van der Waals surface area contributed by atoms with Crippen LogP contribution in [0.3, 0.4) is 0 Å². The van der Waals surface area contributed by atoms with Crippen LogP contribution in [-0.2, 0) is 4.74 Å². The molecule has 1 aromatic carbocycles. The number of ether oxygens (including phenoxy) is 1. The third kappa shape index (κ3) is 4.68. The highest BCUT2D eigenvalue weighted by Crippen LogP contribution is 2.34. The summed E-state index contributed by atoms with van der Waals surface area (Å²) >= 11 is 3.39. The first kappa shape index (κ1) is 18.2. The molecule has 0 saturated carbocycles. The van der Waals surface area contributed by atoms with Crippen LogP contribution in [0.1, 0.15) is 32.3 Å². The molecule has 6 heteroatoms. The zero-order valence-corrected chi connectivity index (χ0v) is 15.3. The number of β-amino-alcohol motifs (C(OH)–C–C–N with tert-alkyl or cyclic N) is 1. The SMILES string of the molecule is CC(C)(C)OC(=O)N1CC(O)C(c2ccc(Br)cc2)C(CO)C1. The molecule has 128 valence electrons. The summed E-state index contributed by atoms with van der Waals surface area (Å²) < 4.78 is 6.32. The van der Waals surface area contributed by atoms with Crippen LogP contribution in [-0.4, -0.2) is 52.6 Å². The van der Waals surface area contributed by atoms with Crippen LogP contribution < -0.4 is 0 Å². The van der Waals surface area contributed by atoms with E-state index in [0.29, 0.717) is 6.54 Å². The van der Waals surface area contributed by atoms with E-state index >= 15 is 0 Å². The second-order valence-electron chi connectivity index (χ2n) is 6.97. The second-order valence-corrected chi connectivity index (χ2v) is 7.89. The Bertz CT molecular complexity index is 541. The maximum atomic E-state index is 12.2. The molecule has 1 amide bonds. The highest BCUT2D eigenvalue weighted by Gasteiger charge is 2.39. The van der Waals surface area contributed by atoms with Gasteiger partial charge in [-0.3, -0.25) is 0 Å². The molecule has 1 aliphatic rings. The molecular weight excluding hydrogens is 362 g/mol. The first-order chi connectivity index (χ1) is 10.7. The lowest BCUT2D eigenvalue weighted by atomic mass is 9.79. The van der Waals surface area contributed by atoms with Gasteiger partial charge in [0, 0.05) is 29.5 Å². The molecule has 0 aliphatic carbocycles. The number of benzene rings is 1. The largest absolute Gasteiger partial charge is 0.444 e. The van der Waals surface area contributed by atoms with Crippen molar-refractivity contribution in [2.45, 2.75) is 38.4 Å². The smallest absolute Gasteiger partial charge is 0.410 e. The number of aliphatic hydroxyl groups is 2. The standard InChI is InChI=1S/C17H24BrNO4/c1-17(2,3)23-16(22)19-8-12(10-20)15(14(21)9-19)11-4-6-13(18)7-5-11/h4-7,12,14-15,20-21H,8-10H2,1-3H3. The van der Waals surface area contributed by atoms with Crippen LogP contribution in [0.5, 0.6) is 0 Å². The van der Waals surface area contributed by atoms with Gasteiger partial charge in [0.05, 0.1) is 12.6 Å². The Morgan fingerprint density at radius 3 is 2.43 bits per heavy atom. The normalized spacial score (nSPS) is 25.3. The number of likely N-dealkylation sites (tertiary alicyclic amines) is 1. The fourth-order valence-electron chi connectivity index (χ4n) is 2.95. The summed E-state index contributed by atoms with van der Waals surface area (Å²) in [5, 5.41) is 20.3. The zero-order valence-electron chi connectivity index (χ0n) is 13.7. The number of nitrogens with zero attached hydrogens (tertiary/aromatic N) is 1. The van der Waals surface area contributed by atoms with Crippen molar-refractivity contribution in [3.63, 3.8) is 0 Å². The summed E-state index contributed by atoms with van der Waals surface area (Å²) in [5.74, 6) is -0.431. The second kappa shape index (κ2) is 7.20. The third-order valence-electron chi connectivity index (χ3n) is 3.93. The monoisotopic (exact) mass is 385 g/mol. The Morgan fingerprint density at radius 1 is 1.30 bits per heavy atom. The van der Waals surface area contributed by atoms with Crippen LogP contribution in [0, 0.1) is 5.92 Å². The molecule has 1 saturated heterocycles. The Balaban J connectivity index is 2.15. The van der Waals surface area contributed by atoms with E-state index in [1.165, 1.54) is 4.90 Å². The summed E-state index contributed by atoms with van der Waals surface area (Å²) in [7, 11) is 0. The van der Waals surface area contributed by atoms with Crippen molar-refractivity contribution in [2.24, 2.45) is 5.92 Å². The molecule has 2 N–H and O–H groups in total. The molecule has 1 fully saturated rings. The molecule has 2 rings (SSSR count). The van der Waals surface area contributed by atoms with Crippen molar-refractivity contribution < 1.29 is 19.7 Å². The molecule has 0 radical (unpaired) electrons. The summed E-state index contributed by atoms with van der Waals surface area (Å²) in [6, 6.07) is 7.70. The number of carbonyl (C=O) groups excluding carboxylic acids is 1. The number of amides is 1. The van der Waals surface area contributed by atoms with E-state index in [4.69, 9.17) is 4.74 Å². The minimum absolute atomic E-state index is 0.100. The van der Waals surface area contributed by atoms with E-state index < -0.39 is 17.8 Å². The van der Waals surface area contributed by atoms with E-state index in [0.717, 1.165) is 10.0 Å². The first-order valence-corrected chi connectivity index (χ1v) is 8.53. The number of piperidine rings is 1. The van der Waals surface area contributed by atoms with Gasteiger partial charge in [0.1, 0.15) is 5.60 Å². The average Bonchev–Trinajstić information content (AvgIpc) is 2.46. The zero-order chi connectivity index (χ0) is 17.2. The number of carbonyl (C=O) groups is 1. The van der Waals surface area contributed by atoms with Crippen molar-refractivity contribution in [3.05, 3.63) is 34.3 Å². The van der Waals surface area contributed by atoms with E-state index in [2.05, 4.69) is 15.9 Å². The molecule has 3 atom stereocenters. The predicted octanol–water partition coefficient (Wildman–Crippen LogP) is 2.75. The van der Waals surface area contributed by atoms with Crippen molar-refractivity contribution in [3.8, 4) is 0 Å². The topological polar surface area (TPSA) is 70.0 Å². The Kier molecular flexibility index (Phi) is 5.70. The molecule has 1 aromatic rings. The van der Waals surface area contributed by atoms with Gasteiger partial charge in [-0.2, -0.15) is 0 Å². The molecule has 1 heterocycles. The number of aliphatic hydroxyl groups excluding tert-OH is 2. The summed E-state index contributed by atoms with van der Waals surface area (Å²) in [6.45, 7) is 5.88. The van der Waals surface area contributed by atoms with Crippen LogP contribution in [0.2, 0.25) is 0 Å². The van der Waals surface area contributed by atoms with E-state index in [-0.39, 0.29) is 25.0 Å². The van der Waals surface area contributed by atoms with Crippen LogP contribution >= 0.6 is 15.9 Å². The van der Waals surface area contributed by atoms with Crippen molar-refractivity contribution in [1.29, 1.82) is 0 Å². The van der Waals surface area contributed by atoms with E-state index in [1.54, 1.807) is 20.8 Å². The van der Waals surface area contributed by atoms with Gasteiger partial charge in [0.2, 0.25) is 0 Å². The first-order valence-electron chi connectivity index (χ1n) is 7.73. The lowest BCUT2D eigenvalue weighted by molar-refractivity contribution is -0.0245. The van der Waals surface area contributed by atoms with Gasteiger partial charge in [-0.15, -0.1) is 0 Å². The van der Waals surface area contributed by atoms with Crippen LogP contribution in [0.4, 0.5) is 4.79 Å². The van der Waals surface area contributed by atoms with Crippen molar-refractivity contribution in [1.82, 2.24) is 4.90 Å². The van der Waals surface area contributed by atoms with Gasteiger partial charge >= 0.3 is 6.09 Å². The number of hydrogen-bond donors (Lipinski definition) is 2. The fraction of sp³-hybridized carbons (Fsp3) is 0.588. The Morgan fingerprint density at radius 2 is 1.91 bits per heavy atom. The van der Waals surface area contributed by atoms with Crippen LogP contribution in [0.25, 0.3) is 0 Å². The molecule has 0 bridgehead atoms. The van der Waals surface area contributed by atoms with Crippen molar-refractivity contribution >= 4 is 22.0 Å². The Hall–Kier alpha value is -1.11. The quantitative estimate of drug-likeness (QED) is 0.820. The maximum Gasteiger partial charge on any atom is 0.410 e. The summed E-state index contributed by atoms with van der Waals surface area (Å²) in [6.07, 6.45) is -1.20. The fourth-order valence-corrected chi connectivity index (χ4v) is 3.22. The van der Waals surface area contributed by atoms with E-state index in [9.17, 15) is 15.0 Å². The molecule has 1 aliphatic heterocycles. The molecule has 5 nitrogen and oxygen atoms in total. The lowest BCUT2D eigenvalue weighted by Crippen LogP contribution is -2.52. The summed E-state index contributed by atoms with van der Waals surface area (Å²) in [4.78, 5) is 13.7. The third-order valence-corrected chi connectivity index (χ3v) is 4.45. The molecule has 0 aromatic heterocycles. The predicted molar refractivity (Wildman–Crippen MR) is 91.3 cm³/mol. The van der Waals surface area contributed by atoms with Gasteiger partial charge < -0.3 is 19.8 Å². The summed E-state index contributed by atoms with van der Waals surface area (Å²) in [5.41, 5.74) is 0.378. The minimum Gasteiger partial charge on any atom is -0.444 e. The molecule has 3 unspecified atom stereocenters. The minimum atomic E-state index is -0.741. The van der Waals surface area contributed by atoms with Gasteiger partial charge in [0.15, 0.2) is 0 Å². The number of halogens is 1. The average molecular weight is 386 g/mol. The maximum absolute atomic E-state index is 12.2. The van der Waals surface area contributed by atoms with Gasteiger partial charge in [-0.05, 0) is 38.5 Å². The van der Waals surface area contributed by atoms with E-state index in [1.807, 2.05) is 24.3 Å². The van der Waals surface area contributed by atoms with Gasteiger partial charge in [0.25, 0.3) is 0 Å². The molecule has 23 heavy (non-hydrogen) atoms. The number of rotatable bonds is 2. The Labute approximate surface area is 145 Å². The number of hydrogen-bond acceptors (Lipinski definition) is 4. The van der Waals surface area contributed by atoms with Crippen LogP contribution in [0.15, 0.2) is 28.7 Å². The van der Waals surface area contributed by atoms with Gasteiger partial charge in [-0.25, -0.2) is 4.79 Å². The van der Waals surface area contributed by atoms with Crippen molar-refractivity contribution in [2.75, 3.05) is 19.7 Å². The molecule has 0 spiro atoms. The highest BCUT2D eigenvalue weighted by atomic mass is 79.9. The highest BCUT2D eigenvalue weighted by molar-refractivity contribution is 9.10. The van der Waals surface area contributed by atoms with Gasteiger partial charge in [-0.1, -0.05) is 28.1 Å². The lowest BCUT2D eigenvalue weighted by Gasteiger charge is -2.41. The molecular formula is C17H24BrNO4.